The maximum atomic E-state index is 12.3. The van der Waals surface area contributed by atoms with Crippen LogP contribution in [-0.4, -0.2) is 15.5 Å². The first-order valence-corrected chi connectivity index (χ1v) is 8.41. The van der Waals surface area contributed by atoms with E-state index in [-0.39, 0.29) is 4.90 Å². The van der Waals surface area contributed by atoms with E-state index in [1.165, 1.54) is 7.11 Å². The molecule has 20 heavy (non-hydrogen) atoms. The van der Waals surface area contributed by atoms with Gasteiger partial charge in [0.25, 0.3) is 10.0 Å². The molecule has 0 bridgehead atoms. The topological polar surface area (TPSA) is 55.4 Å². The summed E-state index contributed by atoms with van der Waals surface area (Å²) in [5, 5.41) is 0. The first-order valence-electron chi connectivity index (χ1n) is 5.85. The molecule has 0 aliphatic carbocycles. The molecular weight excluding hydrogens is 389 g/mol. The molecule has 0 unspecified atom stereocenters. The zero-order chi connectivity index (χ0) is 14.8. The van der Waals surface area contributed by atoms with E-state index < -0.39 is 10.0 Å². The van der Waals surface area contributed by atoms with E-state index in [0.29, 0.717) is 11.4 Å². The Bertz CT molecular complexity index is 712. The Labute approximate surface area is 132 Å². The molecule has 0 aromatic heterocycles. The predicted octanol–water partition coefficient (Wildman–Crippen LogP) is 3.41. The quantitative estimate of drug-likeness (QED) is 0.797. The number of hydrogen-bond acceptors (Lipinski definition) is 3. The number of ether oxygens (including phenoxy) is 1. The summed E-state index contributed by atoms with van der Waals surface area (Å²) in [6.07, 6.45) is 0. The Hall–Kier alpha value is -1.28. The van der Waals surface area contributed by atoms with Crippen LogP contribution in [0.4, 0.5) is 5.69 Å². The number of benzene rings is 2. The van der Waals surface area contributed by atoms with Crippen LogP contribution in [0.5, 0.6) is 5.75 Å². The molecule has 2 aromatic rings. The molecule has 2 rings (SSSR count). The van der Waals surface area contributed by atoms with E-state index >= 15 is 0 Å². The largest absolute Gasteiger partial charge is 0.495 e. The van der Waals surface area contributed by atoms with Gasteiger partial charge in [0, 0.05) is 3.57 Å². The van der Waals surface area contributed by atoms with Crippen molar-refractivity contribution in [3.63, 3.8) is 0 Å². The fourth-order valence-electron chi connectivity index (χ4n) is 1.72. The molecular formula is C14H14INO3S. The molecule has 0 fully saturated rings. The van der Waals surface area contributed by atoms with Crippen molar-refractivity contribution in [2.45, 2.75) is 11.8 Å². The standard InChI is InChI=1S/C14H14INO3S/c1-10-3-8-14(19-2)13(9-10)16-20(17,18)12-6-4-11(15)5-7-12/h3-9,16H,1-2H3. The minimum Gasteiger partial charge on any atom is -0.495 e. The Kier molecular flexibility index (Phi) is 4.54. The highest BCUT2D eigenvalue weighted by atomic mass is 127. The molecule has 0 atom stereocenters. The lowest BCUT2D eigenvalue weighted by Crippen LogP contribution is -2.13. The van der Waals surface area contributed by atoms with Gasteiger partial charge in [-0.2, -0.15) is 0 Å². The van der Waals surface area contributed by atoms with Crippen molar-refractivity contribution in [2.75, 3.05) is 11.8 Å². The molecule has 0 heterocycles. The molecule has 2 aromatic carbocycles. The van der Waals surface area contributed by atoms with Crippen LogP contribution in [-0.2, 0) is 10.0 Å². The molecule has 0 aliphatic heterocycles. The third kappa shape index (κ3) is 3.43. The van der Waals surface area contributed by atoms with Crippen LogP contribution in [0.15, 0.2) is 47.4 Å². The lowest BCUT2D eigenvalue weighted by molar-refractivity contribution is 0.417. The van der Waals surface area contributed by atoms with Gasteiger partial charge in [0.05, 0.1) is 17.7 Å². The van der Waals surface area contributed by atoms with Crippen LogP contribution in [0.25, 0.3) is 0 Å². The molecule has 106 valence electrons. The lowest BCUT2D eigenvalue weighted by atomic mass is 10.2. The highest BCUT2D eigenvalue weighted by Gasteiger charge is 2.16. The number of sulfonamides is 1. The van der Waals surface area contributed by atoms with Crippen LogP contribution >= 0.6 is 22.6 Å². The van der Waals surface area contributed by atoms with Gasteiger partial charge in [-0.25, -0.2) is 8.42 Å². The SMILES string of the molecule is COc1ccc(C)cc1NS(=O)(=O)c1ccc(I)cc1. The van der Waals surface area contributed by atoms with Gasteiger partial charge in [0.1, 0.15) is 5.75 Å². The molecule has 0 amide bonds. The highest BCUT2D eigenvalue weighted by molar-refractivity contribution is 14.1. The van der Waals surface area contributed by atoms with Crippen LogP contribution in [0.3, 0.4) is 0 Å². The maximum absolute atomic E-state index is 12.3. The second kappa shape index (κ2) is 6.01. The number of rotatable bonds is 4. The minimum atomic E-state index is -3.61. The van der Waals surface area contributed by atoms with E-state index in [2.05, 4.69) is 27.3 Å². The summed E-state index contributed by atoms with van der Waals surface area (Å²) in [6.45, 7) is 1.89. The molecule has 0 spiro atoms. The van der Waals surface area contributed by atoms with E-state index in [9.17, 15) is 8.42 Å². The lowest BCUT2D eigenvalue weighted by Gasteiger charge is -2.12. The predicted molar refractivity (Wildman–Crippen MR) is 87.7 cm³/mol. The third-order valence-electron chi connectivity index (χ3n) is 2.72. The first kappa shape index (κ1) is 15.1. The van der Waals surface area contributed by atoms with Crippen molar-refractivity contribution in [1.82, 2.24) is 0 Å². The number of anilines is 1. The monoisotopic (exact) mass is 403 g/mol. The number of hydrogen-bond donors (Lipinski definition) is 1. The van der Waals surface area contributed by atoms with Crippen LogP contribution in [0.2, 0.25) is 0 Å². The number of methoxy groups -OCH3 is 1. The molecule has 0 saturated carbocycles. The average Bonchev–Trinajstić information content (AvgIpc) is 2.39. The van der Waals surface area contributed by atoms with Gasteiger partial charge in [0.15, 0.2) is 0 Å². The Morgan fingerprint density at radius 2 is 1.75 bits per heavy atom. The van der Waals surface area contributed by atoms with Crippen molar-refractivity contribution in [3.8, 4) is 5.75 Å². The van der Waals surface area contributed by atoms with Gasteiger partial charge in [-0.1, -0.05) is 6.07 Å². The third-order valence-corrected chi connectivity index (χ3v) is 4.82. The summed E-state index contributed by atoms with van der Waals surface area (Å²) in [4.78, 5) is 0.224. The smallest absolute Gasteiger partial charge is 0.262 e. The van der Waals surface area contributed by atoms with E-state index in [1.54, 1.807) is 36.4 Å². The molecule has 0 saturated heterocycles. The maximum Gasteiger partial charge on any atom is 0.262 e. The van der Waals surface area contributed by atoms with Crippen molar-refractivity contribution < 1.29 is 13.2 Å². The second-order valence-corrected chi connectivity index (χ2v) is 7.19. The zero-order valence-electron chi connectivity index (χ0n) is 11.1. The van der Waals surface area contributed by atoms with Gasteiger partial charge in [0.2, 0.25) is 0 Å². The van der Waals surface area contributed by atoms with Crippen LogP contribution in [0.1, 0.15) is 5.56 Å². The summed E-state index contributed by atoms with van der Waals surface area (Å²) >= 11 is 2.13. The summed E-state index contributed by atoms with van der Waals surface area (Å²) in [5.41, 5.74) is 1.39. The van der Waals surface area contributed by atoms with Crippen molar-refractivity contribution in [3.05, 3.63) is 51.6 Å². The highest BCUT2D eigenvalue weighted by Crippen LogP contribution is 2.27. The minimum absolute atomic E-state index is 0.224. The molecule has 1 N–H and O–H groups in total. The van der Waals surface area contributed by atoms with E-state index in [0.717, 1.165) is 9.13 Å². The van der Waals surface area contributed by atoms with Gasteiger partial charge in [-0.3, -0.25) is 4.72 Å². The average molecular weight is 403 g/mol. The molecule has 4 nitrogen and oxygen atoms in total. The summed E-state index contributed by atoms with van der Waals surface area (Å²) in [5.74, 6) is 0.490. The fraction of sp³-hybridized carbons (Fsp3) is 0.143. The number of halogens is 1. The molecule has 0 radical (unpaired) electrons. The zero-order valence-corrected chi connectivity index (χ0v) is 14.0. The van der Waals surface area contributed by atoms with Crippen LogP contribution in [0, 0.1) is 10.5 Å². The van der Waals surface area contributed by atoms with E-state index in [1.807, 2.05) is 13.0 Å². The Morgan fingerprint density at radius 3 is 2.35 bits per heavy atom. The summed E-state index contributed by atoms with van der Waals surface area (Å²) in [6, 6.07) is 12.0. The molecule has 0 aliphatic rings. The summed E-state index contributed by atoms with van der Waals surface area (Å²) in [7, 11) is -2.11. The van der Waals surface area contributed by atoms with Gasteiger partial charge in [-0.05, 0) is 71.5 Å². The first-order chi connectivity index (χ1) is 9.42. The van der Waals surface area contributed by atoms with Crippen molar-refractivity contribution in [1.29, 1.82) is 0 Å². The van der Waals surface area contributed by atoms with E-state index in [4.69, 9.17) is 4.74 Å². The second-order valence-electron chi connectivity index (χ2n) is 4.26. The van der Waals surface area contributed by atoms with Gasteiger partial charge >= 0.3 is 0 Å². The van der Waals surface area contributed by atoms with Gasteiger partial charge < -0.3 is 4.74 Å². The summed E-state index contributed by atoms with van der Waals surface area (Å²) < 4.78 is 33.4. The fourth-order valence-corrected chi connectivity index (χ4v) is 3.14. The Balaban J connectivity index is 2.37. The normalized spacial score (nSPS) is 11.2. The van der Waals surface area contributed by atoms with Crippen LogP contribution < -0.4 is 9.46 Å². The number of nitrogens with one attached hydrogen (secondary N) is 1. The van der Waals surface area contributed by atoms with Crippen molar-refractivity contribution in [2.24, 2.45) is 0 Å². The number of aryl methyl sites for hydroxylation is 1. The van der Waals surface area contributed by atoms with Crippen molar-refractivity contribution >= 4 is 38.3 Å². The Morgan fingerprint density at radius 1 is 1.10 bits per heavy atom. The molecule has 6 heteroatoms. The van der Waals surface area contributed by atoms with Gasteiger partial charge in [-0.15, -0.1) is 0 Å².